The van der Waals surface area contributed by atoms with Crippen LogP contribution in [0, 0.1) is 0 Å². The smallest absolute Gasteiger partial charge is 0.0613 e. The summed E-state index contributed by atoms with van der Waals surface area (Å²) in [7, 11) is 1.71. The molecule has 0 spiro atoms. The molecule has 0 unspecified atom stereocenters. The van der Waals surface area contributed by atoms with Gasteiger partial charge in [-0.15, -0.1) is 0 Å². The maximum atomic E-state index is 5.03. The topological polar surface area (TPSA) is 46.2 Å². The van der Waals surface area contributed by atoms with Crippen LogP contribution in [0.3, 0.4) is 0 Å². The lowest BCUT2D eigenvalue weighted by Gasteiger charge is -2.13. The van der Waals surface area contributed by atoms with Gasteiger partial charge in [0, 0.05) is 38.6 Å². The van der Waals surface area contributed by atoms with Gasteiger partial charge in [0.25, 0.3) is 0 Å². The van der Waals surface area contributed by atoms with Crippen LogP contribution >= 0.6 is 0 Å². The normalized spacial score (nSPS) is 12.4. The van der Waals surface area contributed by atoms with Crippen LogP contribution in [0.25, 0.3) is 0 Å². The molecule has 4 heteroatoms. The molecule has 1 heterocycles. The summed E-state index contributed by atoms with van der Waals surface area (Å²) >= 11 is 0. The molecule has 4 nitrogen and oxygen atoms in total. The molecular formula is C11H19N3O. The van der Waals surface area contributed by atoms with Gasteiger partial charge in [0.15, 0.2) is 0 Å². The first-order valence-electron chi connectivity index (χ1n) is 5.19. The van der Waals surface area contributed by atoms with Crippen molar-refractivity contribution in [1.82, 2.24) is 10.3 Å². The van der Waals surface area contributed by atoms with Crippen LogP contribution in [0.5, 0.6) is 0 Å². The second kappa shape index (κ2) is 7.20. The number of nitrogens with one attached hydrogen (secondary N) is 2. The molecule has 0 bridgehead atoms. The Morgan fingerprint density at radius 3 is 3.00 bits per heavy atom. The zero-order chi connectivity index (χ0) is 10.9. The van der Waals surface area contributed by atoms with E-state index < -0.39 is 0 Å². The first-order chi connectivity index (χ1) is 7.33. The van der Waals surface area contributed by atoms with E-state index in [9.17, 15) is 0 Å². The molecule has 15 heavy (non-hydrogen) atoms. The quantitative estimate of drug-likeness (QED) is 0.661. The number of ether oxygens (including phenoxy) is 1. The van der Waals surface area contributed by atoms with Crippen LogP contribution < -0.4 is 10.6 Å². The van der Waals surface area contributed by atoms with E-state index in [1.54, 1.807) is 13.3 Å². The number of methoxy groups -OCH3 is 1. The average Bonchev–Trinajstić information content (AvgIpc) is 2.26. The van der Waals surface area contributed by atoms with Crippen LogP contribution in [-0.4, -0.2) is 37.8 Å². The van der Waals surface area contributed by atoms with Gasteiger partial charge in [-0.1, -0.05) is 0 Å². The Labute approximate surface area is 91.1 Å². The zero-order valence-electron chi connectivity index (χ0n) is 9.36. The van der Waals surface area contributed by atoms with Gasteiger partial charge in [-0.3, -0.25) is 4.98 Å². The molecule has 1 aromatic heterocycles. The van der Waals surface area contributed by atoms with Gasteiger partial charge in [-0.25, -0.2) is 0 Å². The minimum Gasteiger partial charge on any atom is -0.383 e. The van der Waals surface area contributed by atoms with Crippen molar-refractivity contribution >= 4 is 5.69 Å². The number of hydrogen-bond donors (Lipinski definition) is 2. The molecule has 0 radical (unpaired) electrons. The Kier molecular flexibility index (Phi) is 5.73. The minimum absolute atomic E-state index is 0.394. The summed E-state index contributed by atoms with van der Waals surface area (Å²) in [5, 5.41) is 6.62. The van der Waals surface area contributed by atoms with Gasteiger partial charge in [0.2, 0.25) is 0 Å². The summed E-state index contributed by atoms with van der Waals surface area (Å²) in [5.74, 6) is 0. The molecule has 0 aromatic carbocycles. The summed E-state index contributed by atoms with van der Waals surface area (Å²) in [5.41, 5.74) is 1.05. The molecule has 0 saturated carbocycles. The van der Waals surface area contributed by atoms with Crippen LogP contribution in [0.1, 0.15) is 6.92 Å². The molecule has 84 valence electrons. The van der Waals surface area contributed by atoms with Gasteiger partial charge < -0.3 is 15.4 Å². The van der Waals surface area contributed by atoms with E-state index in [4.69, 9.17) is 4.74 Å². The van der Waals surface area contributed by atoms with E-state index >= 15 is 0 Å². The van der Waals surface area contributed by atoms with Crippen molar-refractivity contribution in [1.29, 1.82) is 0 Å². The first kappa shape index (κ1) is 11.9. The third-order valence-corrected chi connectivity index (χ3v) is 2.03. The molecule has 0 aliphatic rings. The van der Waals surface area contributed by atoms with Gasteiger partial charge in [-0.2, -0.15) is 0 Å². The van der Waals surface area contributed by atoms with Gasteiger partial charge in [0.05, 0.1) is 12.3 Å². The Balaban J connectivity index is 2.07. The van der Waals surface area contributed by atoms with Crippen molar-refractivity contribution in [3.8, 4) is 0 Å². The van der Waals surface area contributed by atoms with Crippen molar-refractivity contribution in [2.75, 3.05) is 32.1 Å². The fourth-order valence-corrected chi connectivity index (χ4v) is 1.30. The lowest BCUT2D eigenvalue weighted by Crippen LogP contribution is -2.33. The van der Waals surface area contributed by atoms with E-state index in [0.717, 1.165) is 25.4 Å². The highest BCUT2D eigenvalue weighted by atomic mass is 16.5. The number of rotatable bonds is 7. The molecule has 0 aliphatic heterocycles. The molecule has 1 atom stereocenters. The van der Waals surface area contributed by atoms with Crippen LogP contribution in [0.15, 0.2) is 24.5 Å². The van der Waals surface area contributed by atoms with Crippen LogP contribution in [-0.2, 0) is 4.74 Å². The van der Waals surface area contributed by atoms with E-state index in [1.807, 2.05) is 18.3 Å². The Morgan fingerprint density at radius 2 is 2.33 bits per heavy atom. The average molecular weight is 209 g/mol. The Bertz CT molecular complexity index is 253. The maximum absolute atomic E-state index is 5.03. The van der Waals surface area contributed by atoms with E-state index in [-0.39, 0.29) is 0 Å². The molecule has 1 rings (SSSR count). The molecule has 2 N–H and O–H groups in total. The highest BCUT2D eigenvalue weighted by Crippen LogP contribution is 2.00. The van der Waals surface area contributed by atoms with E-state index in [2.05, 4.69) is 22.5 Å². The van der Waals surface area contributed by atoms with Crippen molar-refractivity contribution in [3.05, 3.63) is 24.5 Å². The predicted molar refractivity (Wildman–Crippen MR) is 62.1 cm³/mol. The highest BCUT2D eigenvalue weighted by Gasteiger charge is 1.98. The SMILES string of the molecule is COC[C@@H](C)NCCNc1cccnc1. The summed E-state index contributed by atoms with van der Waals surface area (Å²) in [6.07, 6.45) is 3.59. The highest BCUT2D eigenvalue weighted by molar-refractivity contribution is 5.39. The second-order valence-corrected chi connectivity index (χ2v) is 3.48. The van der Waals surface area contributed by atoms with Crippen molar-refractivity contribution in [2.45, 2.75) is 13.0 Å². The molecule has 0 aliphatic carbocycles. The predicted octanol–water partition coefficient (Wildman–Crippen LogP) is 1.12. The van der Waals surface area contributed by atoms with Crippen LogP contribution in [0.4, 0.5) is 5.69 Å². The largest absolute Gasteiger partial charge is 0.383 e. The molecule has 1 aromatic rings. The molecule has 0 amide bonds. The molecule has 0 saturated heterocycles. The van der Waals surface area contributed by atoms with Gasteiger partial charge in [0.1, 0.15) is 0 Å². The Morgan fingerprint density at radius 1 is 1.47 bits per heavy atom. The number of hydrogen-bond acceptors (Lipinski definition) is 4. The fourth-order valence-electron chi connectivity index (χ4n) is 1.30. The minimum atomic E-state index is 0.394. The third-order valence-electron chi connectivity index (χ3n) is 2.03. The lowest BCUT2D eigenvalue weighted by molar-refractivity contribution is 0.173. The monoisotopic (exact) mass is 209 g/mol. The summed E-state index contributed by atoms with van der Waals surface area (Å²) < 4.78 is 5.03. The van der Waals surface area contributed by atoms with E-state index in [0.29, 0.717) is 6.04 Å². The fraction of sp³-hybridized carbons (Fsp3) is 0.545. The molecular weight excluding hydrogens is 190 g/mol. The summed E-state index contributed by atoms with van der Waals surface area (Å²) in [4.78, 5) is 4.03. The van der Waals surface area contributed by atoms with Gasteiger partial charge >= 0.3 is 0 Å². The third kappa shape index (κ3) is 5.34. The lowest BCUT2D eigenvalue weighted by atomic mass is 10.3. The number of pyridine rings is 1. The Hall–Kier alpha value is -1.13. The van der Waals surface area contributed by atoms with Crippen molar-refractivity contribution in [2.24, 2.45) is 0 Å². The number of aromatic nitrogens is 1. The number of anilines is 1. The summed E-state index contributed by atoms with van der Waals surface area (Å²) in [6.45, 7) is 4.65. The first-order valence-corrected chi connectivity index (χ1v) is 5.19. The van der Waals surface area contributed by atoms with E-state index in [1.165, 1.54) is 0 Å². The summed E-state index contributed by atoms with van der Waals surface area (Å²) in [6, 6.07) is 4.32. The number of nitrogens with zero attached hydrogens (tertiary/aromatic N) is 1. The maximum Gasteiger partial charge on any atom is 0.0613 e. The standard InChI is InChI=1S/C11H19N3O/c1-10(9-15-2)13-6-7-14-11-4-3-5-12-8-11/h3-5,8,10,13-14H,6-7,9H2,1-2H3/t10-/m1/s1. The molecule has 0 fully saturated rings. The van der Waals surface area contributed by atoms with Gasteiger partial charge in [-0.05, 0) is 19.1 Å². The second-order valence-electron chi connectivity index (χ2n) is 3.48. The van der Waals surface area contributed by atoms with Crippen molar-refractivity contribution in [3.63, 3.8) is 0 Å². The zero-order valence-corrected chi connectivity index (χ0v) is 9.36. The van der Waals surface area contributed by atoms with Crippen molar-refractivity contribution < 1.29 is 4.74 Å². The van der Waals surface area contributed by atoms with Crippen LogP contribution in [0.2, 0.25) is 0 Å².